The molecule has 1 amide bonds. The summed E-state index contributed by atoms with van der Waals surface area (Å²) >= 11 is 0. The van der Waals surface area contributed by atoms with Gasteiger partial charge in [0.05, 0.1) is 7.11 Å². The van der Waals surface area contributed by atoms with Gasteiger partial charge in [0.25, 0.3) is 11.5 Å². The Morgan fingerprint density at radius 1 is 1.17 bits per heavy atom. The molecular weight excluding hydrogens is 386 g/mol. The lowest BCUT2D eigenvalue weighted by Gasteiger charge is -2.22. The Labute approximate surface area is 175 Å². The van der Waals surface area contributed by atoms with Crippen LogP contribution in [-0.4, -0.2) is 46.3 Å². The van der Waals surface area contributed by atoms with E-state index < -0.39 is 5.97 Å². The van der Waals surface area contributed by atoms with Crippen molar-refractivity contribution in [2.24, 2.45) is 0 Å². The van der Waals surface area contributed by atoms with Crippen LogP contribution in [-0.2, 0) is 22.6 Å². The van der Waals surface area contributed by atoms with E-state index in [1.807, 2.05) is 31.2 Å². The second-order valence-corrected chi connectivity index (χ2v) is 7.31. The van der Waals surface area contributed by atoms with E-state index in [0.29, 0.717) is 13.1 Å². The zero-order valence-corrected chi connectivity index (χ0v) is 17.4. The molecular formula is C22H27N3O5. The summed E-state index contributed by atoms with van der Waals surface area (Å²) in [5, 5.41) is 4.06. The van der Waals surface area contributed by atoms with Crippen molar-refractivity contribution in [3.8, 4) is 5.75 Å². The third-order valence-corrected chi connectivity index (χ3v) is 4.95. The van der Waals surface area contributed by atoms with Gasteiger partial charge in [-0.2, -0.15) is 5.10 Å². The van der Waals surface area contributed by atoms with Gasteiger partial charge in [-0.05, 0) is 43.0 Å². The van der Waals surface area contributed by atoms with E-state index in [-0.39, 0.29) is 29.8 Å². The molecule has 0 spiro atoms. The number of ether oxygens (including phenoxy) is 2. The van der Waals surface area contributed by atoms with E-state index >= 15 is 0 Å². The number of benzene rings is 1. The van der Waals surface area contributed by atoms with Crippen molar-refractivity contribution in [2.75, 3.05) is 13.7 Å². The number of amides is 1. The van der Waals surface area contributed by atoms with Crippen LogP contribution in [0.25, 0.3) is 0 Å². The van der Waals surface area contributed by atoms with Gasteiger partial charge in [0, 0.05) is 25.2 Å². The van der Waals surface area contributed by atoms with Crippen LogP contribution >= 0.6 is 0 Å². The molecule has 8 heteroatoms. The van der Waals surface area contributed by atoms with Crippen LogP contribution in [0.3, 0.4) is 0 Å². The highest BCUT2D eigenvalue weighted by molar-refractivity contribution is 5.89. The zero-order valence-electron chi connectivity index (χ0n) is 17.4. The first kappa shape index (κ1) is 21.5. The van der Waals surface area contributed by atoms with E-state index in [1.165, 1.54) is 16.8 Å². The molecule has 1 saturated carbocycles. The molecule has 0 bridgehead atoms. The number of carbonyl (C=O) groups excluding carboxylic acids is 2. The SMILES string of the molecule is CCCCn1nc(C(=O)OCC(=O)N(Cc2ccc(OC)cc2)C2CC2)ccc1=O. The molecule has 0 saturated heterocycles. The van der Waals surface area contributed by atoms with Crippen molar-refractivity contribution in [1.82, 2.24) is 14.7 Å². The standard InChI is InChI=1S/C22H27N3O5/c1-3-4-13-25-20(26)12-11-19(23-25)22(28)30-15-21(27)24(17-7-8-17)14-16-5-9-18(29-2)10-6-16/h5-6,9-12,17H,3-4,7-8,13-15H2,1-2H3. The van der Waals surface area contributed by atoms with Crippen LogP contribution in [0.4, 0.5) is 0 Å². The molecule has 0 aliphatic heterocycles. The van der Waals surface area contributed by atoms with Crippen LogP contribution in [0.2, 0.25) is 0 Å². The first-order valence-electron chi connectivity index (χ1n) is 10.2. The van der Waals surface area contributed by atoms with E-state index in [2.05, 4.69) is 5.10 Å². The van der Waals surface area contributed by atoms with Gasteiger partial charge in [0.1, 0.15) is 5.75 Å². The summed E-state index contributed by atoms with van der Waals surface area (Å²) in [7, 11) is 1.61. The summed E-state index contributed by atoms with van der Waals surface area (Å²) in [6.45, 7) is 2.53. The lowest BCUT2D eigenvalue weighted by Crippen LogP contribution is -2.36. The van der Waals surface area contributed by atoms with Crippen LogP contribution in [0.1, 0.15) is 48.7 Å². The van der Waals surface area contributed by atoms with Crippen molar-refractivity contribution in [3.63, 3.8) is 0 Å². The van der Waals surface area contributed by atoms with Gasteiger partial charge >= 0.3 is 5.97 Å². The summed E-state index contributed by atoms with van der Waals surface area (Å²) in [5.74, 6) is -0.209. The molecule has 8 nitrogen and oxygen atoms in total. The molecule has 3 rings (SSSR count). The molecule has 1 heterocycles. The molecule has 1 fully saturated rings. The Bertz CT molecular complexity index is 935. The predicted molar refractivity (Wildman–Crippen MR) is 110 cm³/mol. The fourth-order valence-electron chi connectivity index (χ4n) is 3.04. The average Bonchev–Trinajstić information content (AvgIpc) is 3.60. The molecule has 160 valence electrons. The van der Waals surface area contributed by atoms with E-state index in [4.69, 9.17) is 9.47 Å². The topological polar surface area (TPSA) is 90.7 Å². The highest BCUT2D eigenvalue weighted by Gasteiger charge is 2.33. The van der Waals surface area contributed by atoms with Crippen molar-refractivity contribution < 1.29 is 19.1 Å². The van der Waals surface area contributed by atoms with Crippen molar-refractivity contribution >= 4 is 11.9 Å². The number of methoxy groups -OCH3 is 1. The van der Waals surface area contributed by atoms with Gasteiger partial charge in [-0.15, -0.1) is 0 Å². The third-order valence-electron chi connectivity index (χ3n) is 4.95. The number of hydrogen-bond donors (Lipinski definition) is 0. The van der Waals surface area contributed by atoms with Crippen molar-refractivity contribution in [3.05, 3.63) is 58.0 Å². The molecule has 1 aromatic heterocycles. The lowest BCUT2D eigenvalue weighted by molar-refractivity contribution is -0.135. The fraction of sp³-hybridized carbons (Fsp3) is 0.455. The largest absolute Gasteiger partial charge is 0.497 e. The van der Waals surface area contributed by atoms with Gasteiger partial charge < -0.3 is 14.4 Å². The quantitative estimate of drug-likeness (QED) is 0.556. The Balaban J connectivity index is 1.59. The summed E-state index contributed by atoms with van der Waals surface area (Å²) in [6, 6.07) is 10.3. The Morgan fingerprint density at radius 3 is 2.53 bits per heavy atom. The number of hydrogen-bond acceptors (Lipinski definition) is 6. The minimum atomic E-state index is -0.714. The third kappa shape index (κ3) is 5.68. The van der Waals surface area contributed by atoms with Gasteiger partial charge in [-0.1, -0.05) is 25.5 Å². The molecule has 0 atom stereocenters. The number of rotatable bonds is 10. The van der Waals surface area contributed by atoms with Gasteiger partial charge in [0.2, 0.25) is 0 Å². The molecule has 1 aliphatic carbocycles. The summed E-state index contributed by atoms with van der Waals surface area (Å²) in [6.07, 6.45) is 3.58. The zero-order chi connectivity index (χ0) is 21.5. The van der Waals surface area contributed by atoms with E-state index in [9.17, 15) is 14.4 Å². The molecule has 1 aliphatic rings. The molecule has 0 unspecified atom stereocenters. The average molecular weight is 413 g/mol. The monoisotopic (exact) mass is 413 g/mol. The lowest BCUT2D eigenvalue weighted by atomic mass is 10.2. The maximum Gasteiger partial charge on any atom is 0.359 e. The van der Waals surface area contributed by atoms with E-state index in [0.717, 1.165) is 37.0 Å². The highest BCUT2D eigenvalue weighted by atomic mass is 16.5. The fourth-order valence-corrected chi connectivity index (χ4v) is 3.04. The van der Waals surface area contributed by atoms with Gasteiger partial charge in [0.15, 0.2) is 12.3 Å². The van der Waals surface area contributed by atoms with Crippen LogP contribution in [0.15, 0.2) is 41.2 Å². The highest BCUT2D eigenvalue weighted by Crippen LogP contribution is 2.28. The Morgan fingerprint density at radius 2 is 1.90 bits per heavy atom. The number of carbonyl (C=O) groups is 2. The summed E-state index contributed by atoms with van der Waals surface area (Å²) < 4.78 is 11.6. The second-order valence-electron chi connectivity index (χ2n) is 7.31. The summed E-state index contributed by atoms with van der Waals surface area (Å²) in [5.41, 5.74) is 0.731. The number of unbranched alkanes of at least 4 members (excludes halogenated alkanes) is 1. The maximum absolute atomic E-state index is 12.7. The predicted octanol–water partition coefficient (Wildman–Crippen LogP) is 2.40. The number of aryl methyl sites for hydroxylation is 1. The first-order valence-corrected chi connectivity index (χ1v) is 10.2. The summed E-state index contributed by atoms with van der Waals surface area (Å²) in [4.78, 5) is 38.6. The molecule has 1 aromatic carbocycles. The number of nitrogens with zero attached hydrogens (tertiary/aromatic N) is 3. The molecule has 0 N–H and O–H groups in total. The number of aromatic nitrogens is 2. The van der Waals surface area contributed by atoms with Gasteiger partial charge in [-0.3, -0.25) is 9.59 Å². The minimum Gasteiger partial charge on any atom is -0.497 e. The number of esters is 1. The van der Waals surface area contributed by atoms with Crippen molar-refractivity contribution in [2.45, 2.75) is 51.7 Å². The van der Waals surface area contributed by atoms with Crippen LogP contribution in [0, 0.1) is 0 Å². The van der Waals surface area contributed by atoms with Gasteiger partial charge in [-0.25, -0.2) is 9.48 Å². The molecule has 2 aromatic rings. The second kappa shape index (κ2) is 10.0. The maximum atomic E-state index is 12.7. The normalized spacial score (nSPS) is 13.0. The van der Waals surface area contributed by atoms with E-state index in [1.54, 1.807) is 12.0 Å². The minimum absolute atomic E-state index is 0.0200. The Hall–Kier alpha value is -3.16. The van der Waals surface area contributed by atoms with Crippen LogP contribution in [0.5, 0.6) is 5.75 Å². The Kier molecular flexibility index (Phi) is 7.21. The van der Waals surface area contributed by atoms with Crippen LogP contribution < -0.4 is 10.3 Å². The van der Waals surface area contributed by atoms with Crippen molar-refractivity contribution in [1.29, 1.82) is 0 Å². The molecule has 0 radical (unpaired) electrons. The molecule has 30 heavy (non-hydrogen) atoms. The first-order chi connectivity index (χ1) is 14.5. The smallest absolute Gasteiger partial charge is 0.359 e.